The number of aromatic carboxylic acids is 1. The van der Waals surface area contributed by atoms with Gasteiger partial charge in [-0.2, -0.15) is 0 Å². The first-order chi connectivity index (χ1) is 8.17. The fourth-order valence-electron chi connectivity index (χ4n) is 1.87. The third-order valence-electron chi connectivity index (χ3n) is 2.78. The monoisotopic (exact) mass is 230 g/mol. The van der Waals surface area contributed by atoms with Gasteiger partial charge in [-0.05, 0) is 31.1 Å². The summed E-state index contributed by atoms with van der Waals surface area (Å²) < 4.78 is 0. The normalized spacial score (nSPS) is 12.0. The van der Waals surface area contributed by atoms with Gasteiger partial charge in [0, 0.05) is 0 Å². The number of rotatable bonds is 3. The molecule has 0 saturated carbocycles. The quantitative estimate of drug-likeness (QED) is 0.851. The van der Waals surface area contributed by atoms with E-state index in [0.717, 1.165) is 23.3 Å². The van der Waals surface area contributed by atoms with Gasteiger partial charge in [-0.3, -0.25) is 0 Å². The van der Waals surface area contributed by atoms with E-state index in [1.54, 1.807) is 12.1 Å². The largest absolute Gasteiger partial charge is 0.478 e. The number of hydrogen-bond donors (Lipinski definition) is 2. The van der Waals surface area contributed by atoms with Crippen molar-refractivity contribution in [2.24, 2.45) is 0 Å². The molecular formula is C13H14N2O2. The van der Waals surface area contributed by atoms with E-state index in [1.165, 1.54) is 0 Å². The van der Waals surface area contributed by atoms with Crippen LogP contribution in [0.5, 0.6) is 0 Å². The molecule has 4 heteroatoms. The van der Waals surface area contributed by atoms with Crippen LogP contribution in [-0.2, 0) is 0 Å². The lowest BCUT2D eigenvalue weighted by Gasteiger charge is -1.96. The molecule has 1 aromatic heterocycles. The predicted molar refractivity (Wildman–Crippen MR) is 67.0 cm³/mol. The molecule has 88 valence electrons. The van der Waals surface area contributed by atoms with Crippen molar-refractivity contribution in [3.63, 3.8) is 0 Å². The van der Waals surface area contributed by atoms with Crippen LogP contribution in [-0.4, -0.2) is 21.0 Å². The minimum atomic E-state index is -0.952. The zero-order chi connectivity index (χ0) is 12.4. The van der Waals surface area contributed by atoms with Crippen LogP contribution in [0.2, 0.25) is 0 Å². The second-order valence-corrected chi connectivity index (χ2v) is 3.76. The fourth-order valence-corrected chi connectivity index (χ4v) is 1.87. The zero-order valence-electron chi connectivity index (χ0n) is 9.82. The number of carboxylic acids is 1. The maximum Gasteiger partial charge on any atom is 0.337 e. The van der Waals surface area contributed by atoms with Crippen LogP contribution >= 0.6 is 0 Å². The molecule has 0 saturated heterocycles. The van der Waals surface area contributed by atoms with E-state index in [0.29, 0.717) is 5.52 Å². The first-order valence-corrected chi connectivity index (χ1v) is 5.55. The Kier molecular flexibility index (Phi) is 2.95. The van der Waals surface area contributed by atoms with Crippen molar-refractivity contribution in [1.29, 1.82) is 0 Å². The summed E-state index contributed by atoms with van der Waals surface area (Å²) in [6.45, 7) is 3.99. The summed E-state index contributed by atoms with van der Waals surface area (Å²) >= 11 is 0. The molecule has 17 heavy (non-hydrogen) atoms. The standard InChI is InChI=1S/C13H14N2O2/c1-3-8(4-2)12-14-10-7-5-6-9(13(16)17)11(10)15-12/h3,5-7H,4H2,1-2H3,(H,14,15)(H,16,17). The highest BCUT2D eigenvalue weighted by Gasteiger charge is 2.13. The van der Waals surface area contributed by atoms with E-state index in [4.69, 9.17) is 5.11 Å². The van der Waals surface area contributed by atoms with E-state index in [2.05, 4.69) is 9.97 Å². The van der Waals surface area contributed by atoms with E-state index >= 15 is 0 Å². The van der Waals surface area contributed by atoms with Crippen LogP contribution in [0.1, 0.15) is 36.5 Å². The maximum atomic E-state index is 11.1. The molecule has 0 aliphatic rings. The predicted octanol–water partition coefficient (Wildman–Crippen LogP) is 3.07. The number of H-pyrrole nitrogens is 1. The van der Waals surface area contributed by atoms with Gasteiger partial charge in [-0.25, -0.2) is 9.78 Å². The number of imidazole rings is 1. The molecule has 0 amide bonds. The van der Waals surface area contributed by atoms with Gasteiger partial charge in [-0.15, -0.1) is 0 Å². The molecule has 2 aromatic rings. The number of para-hydroxylation sites is 1. The molecule has 4 nitrogen and oxygen atoms in total. The Labute approximate surface area is 99.0 Å². The van der Waals surface area contributed by atoms with Gasteiger partial charge in [0.2, 0.25) is 0 Å². The number of nitrogens with one attached hydrogen (secondary N) is 1. The summed E-state index contributed by atoms with van der Waals surface area (Å²) in [5.41, 5.74) is 2.59. The van der Waals surface area contributed by atoms with E-state index in [-0.39, 0.29) is 5.56 Å². The Morgan fingerprint density at radius 2 is 2.29 bits per heavy atom. The highest BCUT2D eigenvalue weighted by atomic mass is 16.4. The summed E-state index contributed by atoms with van der Waals surface area (Å²) in [6.07, 6.45) is 2.84. The average Bonchev–Trinajstić information content (AvgIpc) is 2.73. The number of benzene rings is 1. The van der Waals surface area contributed by atoms with Crippen molar-refractivity contribution in [3.8, 4) is 0 Å². The van der Waals surface area contributed by atoms with E-state index in [9.17, 15) is 4.79 Å². The Bertz CT molecular complexity index is 596. The van der Waals surface area contributed by atoms with Gasteiger partial charge in [-0.1, -0.05) is 19.1 Å². The SMILES string of the molecule is CC=C(CC)c1nc2c(C(=O)O)cccc2[nH]1. The number of aromatic nitrogens is 2. The Balaban J connectivity index is 2.65. The van der Waals surface area contributed by atoms with Crippen molar-refractivity contribution in [3.05, 3.63) is 35.7 Å². The fraction of sp³-hybridized carbons (Fsp3) is 0.231. The summed E-state index contributed by atoms with van der Waals surface area (Å²) in [7, 11) is 0. The molecule has 0 aliphatic carbocycles. The van der Waals surface area contributed by atoms with Crippen molar-refractivity contribution >= 4 is 22.6 Å². The molecule has 1 heterocycles. The minimum absolute atomic E-state index is 0.233. The molecule has 0 unspecified atom stereocenters. The number of fused-ring (bicyclic) bond motifs is 1. The molecule has 0 aliphatic heterocycles. The zero-order valence-corrected chi connectivity index (χ0v) is 9.82. The molecule has 1 aromatic carbocycles. The lowest BCUT2D eigenvalue weighted by Crippen LogP contribution is -1.96. The first-order valence-electron chi connectivity index (χ1n) is 5.55. The first kappa shape index (κ1) is 11.4. The molecule has 0 atom stereocenters. The number of allylic oxidation sites excluding steroid dienone is 2. The lowest BCUT2D eigenvalue weighted by atomic mass is 10.2. The summed E-state index contributed by atoms with van der Waals surface area (Å²) in [4.78, 5) is 18.6. The van der Waals surface area contributed by atoms with Gasteiger partial charge in [0.15, 0.2) is 0 Å². The van der Waals surface area contributed by atoms with Crippen LogP contribution in [0.15, 0.2) is 24.3 Å². The second kappa shape index (κ2) is 4.41. The van der Waals surface area contributed by atoms with Gasteiger partial charge in [0.1, 0.15) is 11.3 Å². The smallest absolute Gasteiger partial charge is 0.337 e. The van der Waals surface area contributed by atoms with Gasteiger partial charge < -0.3 is 10.1 Å². The third kappa shape index (κ3) is 1.93. The van der Waals surface area contributed by atoms with Crippen LogP contribution in [0.25, 0.3) is 16.6 Å². The summed E-state index contributed by atoms with van der Waals surface area (Å²) in [5.74, 6) is -0.203. The number of nitrogens with zero attached hydrogens (tertiary/aromatic N) is 1. The Morgan fingerprint density at radius 3 is 2.88 bits per heavy atom. The number of carboxylic acid groups (broad SMARTS) is 1. The maximum absolute atomic E-state index is 11.1. The van der Waals surface area contributed by atoms with Crippen molar-refractivity contribution in [2.45, 2.75) is 20.3 Å². The summed E-state index contributed by atoms with van der Waals surface area (Å²) in [6, 6.07) is 5.12. The molecule has 0 spiro atoms. The number of aromatic amines is 1. The highest BCUT2D eigenvalue weighted by Crippen LogP contribution is 2.21. The summed E-state index contributed by atoms with van der Waals surface area (Å²) in [5, 5.41) is 9.08. The van der Waals surface area contributed by atoms with Crippen molar-refractivity contribution in [1.82, 2.24) is 9.97 Å². The van der Waals surface area contributed by atoms with Gasteiger partial charge in [0.25, 0.3) is 0 Å². The lowest BCUT2D eigenvalue weighted by molar-refractivity contribution is 0.0699. The Hall–Kier alpha value is -2.10. The topological polar surface area (TPSA) is 66.0 Å². The molecule has 0 bridgehead atoms. The Morgan fingerprint density at radius 1 is 1.53 bits per heavy atom. The van der Waals surface area contributed by atoms with Crippen LogP contribution in [0.4, 0.5) is 0 Å². The van der Waals surface area contributed by atoms with Crippen LogP contribution in [0, 0.1) is 0 Å². The van der Waals surface area contributed by atoms with Gasteiger partial charge >= 0.3 is 5.97 Å². The molecule has 2 rings (SSSR count). The van der Waals surface area contributed by atoms with Crippen LogP contribution in [0.3, 0.4) is 0 Å². The second-order valence-electron chi connectivity index (χ2n) is 3.76. The van der Waals surface area contributed by atoms with Crippen molar-refractivity contribution in [2.75, 3.05) is 0 Å². The average molecular weight is 230 g/mol. The minimum Gasteiger partial charge on any atom is -0.478 e. The van der Waals surface area contributed by atoms with Gasteiger partial charge in [0.05, 0.1) is 11.1 Å². The number of carbonyl (C=O) groups is 1. The van der Waals surface area contributed by atoms with Crippen molar-refractivity contribution < 1.29 is 9.90 Å². The third-order valence-corrected chi connectivity index (χ3v) is 2.78. The molecular weight excluding hydrogens is 216 g/mol. The van der Waals surface area contributed by atoms with E-state index in [1.807, 2.05) is 26.0 Å². The van der Waals surface area contributed by atoms with Crippen LogP contribution < -0.4 is 0 Å². The number of hydrogen-bond acceptors (Lipinski definition) is 2. The molecule has 2 N–H and O–H groups in total. The molecule has 0 fully saturated rings. The highest BCUT2D eigenvalue weighted by molar-refractivity contribution is 6.01. The van der Waals surface area contributed by atoms with E-state index < -0.39 is 5.97 Å². The molecule has 0 radical (unpaired) electrons.